The highest BCUT2D eigenvalue weighted by Gasteiger charge is 2.34. The van der Waals surface area contributed by atoms with Gasteiger partial charge in [0.05, 0.1) is 0 Å². The van der Waals surface area contributed by atoms with E-state index < -0.39 is 30.1 Å². The number of carbonyl (C=O) groups excluding carboxylic acids is 3. The molecular weight excluding hydrogens is 547 g/mol. The molecular formula is C29H33ClF3N3O4. The van der Waals surface area contributed by atoms with Crippen LogP contribution in [0.1, 0.15) is 50.7 Å². The number of nitrogens with one attached hydrogen (secondary N) is 1. The zero-order valence-corrected chi connectivity index (χ0v) is 23.4. The minimum absolute atomic E-state index is 0.0305. The van der Waals surface area contributed by atoms with Crippen LogP contribution in [0.15, 0.2) is 54.1 Å². The van der Waals surface area contributed by atoms with Crippen LogP contribution < -0.4 is 10.1 Å². The number of ketones is 1. The van der Waals surface area contributed by atoms with Gasteiger partial charge in [-0.3, -0.25) is 9.69 Å². The maximum Gasteiger partial charge on any atom is 0.573 e. The van der Waals surface area contributed by atoms with Gasteiger partial charge < -0.3 is 19.7 Å². The van der Waals surface area contributed by atoms with Gasteiger partial charge in [-0.15, -0.1) is 13.2 Å². The largest absolute Gasteiger partial charge is 0.573 e. The Balaban J connectivity index is 1.97. The van der Waals surface area contributed by atoms with Crippen LogP contribution in [0.2, 0.25) is 5.02 Å². The molecule has 0 bridgehead atoms. The number of rotatable bonds is 10. The Bertz CT molecular complexity index is 1250. The highest BCUT2D eigenvalue weighted by molar-refractivity contribution is 6.30. The molecule has 0 saturated carbocycles. The standard InChI is InChI=1S/C29H33ClF3N3O4/c1-19-18-35(3)28(39)36(16-5-4-7-20(2)37)27(38)25(15-12-21-10-13-23(30)14-11-21)34-26(19)22-8-6-9-24(17-22)40-29(31,32)33/h6,8-11,13-14,17,25,34H,4-5,7,12,15-16,18H2,1-3H3/b26-19-. The molecule has 1 aliphatic rings. The number of unbranched alkanes of at least 4 members (excludes halogenated alkanes) is 1. The van der Waals surface area contributed by atoms with Gasteiger partial charge in [-0.05, 0) is 74.9 Å². The molecule has 2 aromatic carbocycles. The van der Waals surface area contributed by atoms with Crippen molar-refractivity contribution in [1.82, 2.24) is 15.1 Å². The Kier molecular flexibility index (Phi) is 10.6. The Morgan fingerprint density at radius 3 is 2.48 bits per heavy atom. The molecule has 0 aliphatic carbocycles. The number of ether oxygens (including phenoxy) is 1. The summed E-state index contributed by atoms with van der Waals surface area (Å²) in [4.78, 5) is 41.2. The van der Waals surface area contributed by atoms with Gasteiger partial charge in [-0.1, -0.05) is 35.9 Å². The lowest BCUT2D eigenvalue weighted by atomic mass is 10.0. The predicted octanol–water partition coefficient (Wildman–Crippen LogP) is 6.21. The maximum absolute atomic E-state index is 13.9. The first-order valence-corrected chi connectivity index (χ1v) is 13.3. The molecule has 1 heterocycles. The topological polar surface area (TPSA) is 79.0 Å². The number of benzene rings is 2. The highest BCUT2D eigenvalue weighted by Crippen LogP contribution is 2.28. The summed E-state index contributed by atoms with van der Waals surface area (Å²) in [6.07, 6.45) is -2.73. The van der Waals surface area contributed by atoms with Crippen molar-refractivity contribution < 1.29 is 32.3 Å². The van der Waals surface area contributed by atoms with Gasteiger partial charge in [-0.2, -0.15) is 0 Å². The second-order valence-electron chi connectivity index (χ2n) is 9.88. The third-order valence-electron chi connectivity index (χ3n) is 6.49. The van der Waals surface area contributed by atoms with E-state index in [0.29, 0.717) is 54.0 Å². The summed E-state index contributed by atoms with van der Waals surface area (Å²) in [5.41, 5.74) is 2.42. The fraction of sp³-hybridized carbons (Fsp3) is 0.414. The highest BCUT2D eigenvalue weighted by atomic mass is 35.5. The van der Waals surface area contributed by atoms with Crippen LogP contribution in [0.3, 0.4) is 0 Å². The number of hydrogen-bond acceptors (Lipinski definition) is 5. The molecule has 0 saturated heterocycles. The van der Waals surface area contributed by atoms with Gasteiger partial charge in [0.25, 0.3) is 5.91 Å². The average molecular weight is 580 g/mol. The molecule has 11 heteroatoms. The second-order valence-corrected chi connectivity index (χ2v) is 10.3. The van der Waals surface area contributed by atoms with Crippen LogP contribution in [0, 0.1) is 0 Å². The van der Waals surface area contributed by atoms with Gasteiger partial charge in [-0.25, -0.2) is 4.79 Å². The van der Waals surface area contributed by atoms with E-state index in [1.807, 2.05) is 12.1 Å². The number of nitrogens with zero attached hydrogens (tertiary/aromatic N) is 2. The average Bonchev–Trinajstić information content (AvgIpc) is 2.90. The van der Waals surface area contributed by atoms with Crippen molar-refractivity contribution in [2.45, 2.75) is 58.4 Å². The SMILES string of the molecule is CC(=O)CCCCN1C(=O)C(CCc2ccc(Cl)cc2)N/C(c2cccc(OC(F)(F)F)c2)=C(/C)CN(C)C1=O. The van der Waals surface area contributed by atoms with Crippen LogP contribution in [0.25, 0.3) is 5.70 Å². The minimum Gasteiger partial charge on any atom is -0.406 e. The molecule has 216 valence electrons. The molecule has 3 amide bonds. The van der Waals surface area contributed by atoms with E-state index in [9.17, 15) is 27.6 Å². The van der Waals surface area contributed by atoms with E-state index in [1.165, 1.54) is 34.9 Å². The summed E-state index contributed by atoms with van der Waals surface area (Å²) in [7, 11) is 1.57. The van der Waals surface area contributed by atoms with Gasteiger partial charge >= 0.3 is 12.4 Å². The molecule has 1 N–H and O–H groups in total. The number of alkyl halides is 3. The first kappa shape index (κ1) is 31.0. The molecule has 40 heavy (non-hydrogen) atoms. The monoisotopic (exact) mass is 579 g/mol. The minimum atomic E-state index is -4.86. The van der Waals surface area contributed by atoms with Crippen LogP contribution in [0.4, 0.5) is 18.0 Å². The third-order valence-corrected chi connectivity index (χ3v) is 6.75. The third kappa shape index (κ3) is 9.01. The van der Waals surface area contributed by atoms with Gasteiger partial charge in [0.1, 0.15) is 17.6 Å². The van der Waals surface area contributed by atoms with Gasteiger partial charge in [0.2, 0.25) is 0 Å². The number of imide groups is 1. The van der Waals surface area contributed by atoms with Crippen molar-refractivity contribution in [3.05, 3.63) is 70.3 Å². The zero-order valence-electron chi connectivity index (χ0n) is 22.7. The maximum atomic E-state index is 13.9. The van der Waals surface area contributed by atoms with E-state index in [0.717, 1.165) is 5.56 Å². The number of likely N-dealkylation sites (N-methyl/N-ethyl adjacent to an activating group) is 1. The second kappa shape index (κ2) is 13.7. The van der Waals surface area contributed by atoms with E-state index in [-0.39, 0.29) is 18.9 Å². The summed E-state index contributed by atoms with van der Waals surface area (Å²) in [5.74, 6) is -0.820. The summed E-state index contributed by atoms with van der Waals surface area (Å²) >= 11 is 6.00. The number of urea groups is 1. The molecule has 2 aromatic rings. The quantitative estimate of drug-likeness (QED) is 0.338. The summed E-state index contributed by atoms with van der Waals surface area (Å²) in [6.45, 7) is 3.52. The summed E-state index contributed by atoms with van der Waals surface area (Å²) in [5, 5.41) is 3.83. The molecule has 1 aliphatic heterocycles. The molecule has 1 atom stereocenters. The van der Waals surface area contributed by atoms with E-state index in [1.54, 1.807) is 32.2 Å². The Labute approximate surface area is 236 Å². The summed E-state index contributed by atoms with van der Waals surface area (Å²) < 4.78 is 42.8. The molecule has 1 unspecified atom stereocenters. The Hall–Kier alpha value is -3.53. The number of hydrogen-bond donors (Lipinski definition) is 1. The number of aryl methyl sites for hydroxylation is 1. The first-order chi connectivity index (χ1) is 18.8. The zero-order chi connectivity index (χ0) is 29.4. The molecule has 0 spiro atoms. The number of amides is 3. The molecule has 0 aromatic heterocycles. The molecule has 0 radical (unpaired) electrons. The van der Waals surface area contributed by atoms with Gasteiger partial charge in [0, 0.05) is 42.8 Å². The Morgan fingerprint density at radius 1 is 1.12 bits per heavy atom. The molecule has 3 rings (SSSR count). The number of Topliss-reactive ketones (excluding diaryl/α,β-unsaturated/α-hetero) is 1. The molecule has 7 nitrogen and oxygen atoms in total. The smallest absolute Gasteiger partial charge is 0.406 e. The number of halogens is 4. The number of carbonyl (C=O) groups is 3. The fourth-order valence-corrected chi connectivity index (χ4v) is 4.66. The van der Waals surface area contributed by atoms with Crippen molar-refractivity contribution in [3.63, 3.8) is 0 Å². The predicted molar refractivity (Wildman–Crippen MR) is 147 cm³/mol. The fourth-order valence-electron chi connectivity index (χ4n) is 4.54. The van der Waals surface area contributed by atoms with Crippen LogP contribution in [-0.4, -0.2) is 60.1 Å². The van der Waals surface area contributed by atoms with Gasteiger partial charge in [0.15, 0.2) is 0 Å². The summed E-state index contributed by atoms with van der Waals surface area (Å²) in [6, 6.07) is 11.3. The van der Waals surface area contributed by atoms with Crippen molar-refractivity contribution in [2.24, 2.45) is 0 Å². The van der Waals surface area contributed by atoms with Crippen molar-refractivity contribution in [1.29, 1.82) is 0 Å². The van der Waals surface area contributed by atoms with Crippen LogP contribution >= 0.6 is 11.6 Å². The van der Waals surface area contributed by atoms with E-state index in [2.05, 4.69) is 10.1 Å². The van der Waals surface area contributed by atoms with Crippen LogP contribution in [-0.2, 0) is 16.0 Å². The normalized spacial score (nSPS) is 18.6. The van der Waals surface area contributed by atoms with E-state index in [4.69, 9.17) is 11.6 Å². The van der Waals surface area contributed by atoms with Crippen molar-refractivity contribution in [3.8, 4) is 5.75 Å². The van der Waals surface area contributed by atoms with Crippen molar-refractivity contribution in [2.75, 3.05) is 20.1 Å². The lowest BCUT2D eigenvalue weighted by Crippen LogP contribution is -2.51. The van der Waals surface area contributed by atoms with Crippen LogP contribution in [0.5, 0.6) is 5.75 Å². The van der Waals surface area contributed by atoms with E-state index >= 15 is 0 Å². The van der Waals surface area contributed by atoms with Crippen molar-refractivity contribution >= 4 is 35.0 Å². The lowest BCUT2D eigenvalue weighted by molar-refractivity contribution is -0.274. The first-order valence-electron chi connectivity index (χ1n) is 13.0. The Morgan fingerprint density at radius 2 is 1.82 bits per heavy atom. The molecule has 0 fully saturated rings. The lowest BCUT2D eigenvalue weighted by Gasteiger charge is -2.29.